The van der Waals surface area contributed by atoms with Crippen molar-refractivity contribution in [1.29, 1.82) is 0 Å². The summed E-state index contributed by atoms with van der Waals surface area (Å²) in [7, 11) is 1.54. The number of aromatic carboxylic acids is 1. The summed E-state index contributed by atoms with van der Waals surface area (Å²) in [5, 5.41) is 9.69. The van der Waals surface area contributed by atoms with E-state index in [1.54, 1.807) is 24.4 Å². The summed E-state index contributed by atoms with van der Waals surface area (Å²) >= 11 is 12.2. The average molecular weight is 396 g/mol. The van der Waals surface area contributed by atoms with Gasteiger partial charge in [-0.3, -0.25) is 4.99 Å². The highest BCUT2D eigenvalue weighted by molar-refractivity contribution is 6.33. The molecule has 0 radical (unpaired) electrons. The van der Waals surface area contributed by atoms with Crippen LogP contribution >= 0.6 is 23.2 Å². The Morgan fingerprint density at radius 2 is 2.00 bits per heavy atom. The maximum Gasteiger partial charge on any atom is 0.337 e. The zero-order chi connectivity index (χ0) is 19.3. The Balaban J connectivity index is 2.32. The lowest BCUT2D eigenvalue weighted by Gasteiger charge is -2.17. The predicted molar refractivity (Wildman–Crippen MR) is 104 cm³/mol. The van der Waals surface area contributed by atoms with Gasteiger partial charge in [0.05, 0.1) is 34.5 Å². The highest BCUT2D eigenvalue weighted by atomic mass is 35.5. The summed E-state index contributed by atoms with van der Waals surface area (Å²) in [6.45, 7) is 3.97. The lowest BCUT2D eigenvalue weighted by molar-refractivity contribution is 0.0697. The number of ether oxygens (including phenoxy) is 2. The highest BCUT2D eigenvalue weighted by Gasteiger charge is 2.14. The number of hydrogen-bond acceptors (Lipinski definition) is 4. The van der Waals surface area contributed by atoms with Crippen molar-refractivity contribution in [3.05, 3.63) is 51.5 Å². The fraction of sp³-hybridized carbons (Fsp3) is 0.263. The molecule has 0 saturated carbocycles. The fourth-order valence-electron chi connectivity index (χ4n) is 2.12. The molecule has 0 aromatic heterocycles. The second-order valence-corrected chi connectivity index (χ2v) is 6.41. The maximum atomic E-state index is 11.1. The molecule has 0 heterocycles. The van der Waals surface area contributed by atoms with E-state index in [4.69, 9.17) is 37.8 Å². The minimum atomic E-state index is -1.11. The summed E-state index contributed by atoms with van der Waals surface area (Å²) in [6.07, 6.45) is 2.41. The van der Waals surface area contributed by atoms with Crippen molar-refractivity contribution in [2.24, 2.45) is 4.99 Å². The first kappa shape index (κ1) is 20.1. The Labute approximate surface area is 162 Å². The van der Waals surface area contributed by atoms with E-state index in [1.807, 2.05) is 13.8 Å². The summed E-state index contributed by atoms with van der Waals surface area (Å²) in [6, 6.07) is 7.99. The molecule has 1 atom stereocenters. The van der Waals surface area contributed by atoms with Gasteiger partial charge in [0.25, 0.3) is 0 Å². The molecule has 0 unspecified atom stereocenters. The van der Waals surface area contributed by atoms with Gasteiger partial charge in [0.15, 0.2) is 11.5 Å². The Kier molecular flexibility index (Phi) is 6.89. The zero-order valence-corrected chi connectivity index (χ0v) is 16.1. The normalized spacial score (nSPS) is 12.2. The number of carbonyl (C=O) groups is 1. The van der Waals surface area contributed by atoms with Gasteiger partial charge in [-0.1, -0.05) is 30.1 Å². The fourth-order valence-corrected chi connectivity index (χ4v) is 2.58. The van der Waals surface area contributed by atoms with Crippen molar-refractivity contribution >= 4 is 41.1 Å². The minimum absolute atomic E-state index is 0.00410. The summed E-state index contributed by atoms with van der Waals surface area (Å²) < 4.78 is 11.2. The van der Waals surface area contributed by atoms with Gasteiger partial charge in [-0.05, 0) is 49.2 Å². The van der Waals surface area contributed by atoms with Crippen molar-refractivity contribution in [1.82, 2.24) is 0 Å². The zero-order valence-electron chi connectivity index (χ0n) is 14.6. The Morgan fingerprint density at radius 1 is 1.27 bits per heavy atom. The number of hydrogen-bond donors (Lipinski definition) is 1. The Morgan fingerprint density at radius 3 is 2.62 bits per heavy atom. The second-order valence-electron chi connectivity index (χ2n) is 5.60. The van der Waals surface area contributed by atoms with Crippen molar-refractivity contribution in [3.63, 3.8) is 0 Å². The first-order chi connectivity index (χ1) is 12.3. The number of rotatable bonds is 7. The van der Waals surface area contributed by atoms with Crippen LogP contribution in [-0.2, 0) is 0 Å². The number of benzene rings is 2. The van der Waals surface area contributed by atoms with Gasteiger partial charge in [-0.15, -0.1) is 0 Å². The predicted octanol–water partition coefficient (Wildman–Crippen LogP) is 5.63. The van der Waals surface area contributed by atoms with Gasteiger partial charge in [-0.25, -0.2) is 4.79 Å². The van der Waals surface area contributed by atoms with Gasteiger partial charge in [0, 0.05) is 6.21 Å². The van der Waals surface area contributed by atoms with Gasteiger partial charge >= 0.3 is 5.97 Å². The van der Waals surface area contributed by atoms with E-state index in [2.05, 4.69) is 4.99 Å². The number of halogens is 2. The lowest BCUT2D eigenvalue weighted by atomic mass is 10.2. The van der Waals surface area contributed by atoms with Crippen LogP contribution in [0.4, 0.5) is 5.69 Å². The maximum absolute atomic E-state index is 11.1. The number of carboxylic acids is 1. The van der Waals surface area contributed by atoms with Crippen molar-refractivity contribution in [2.75, 3.05) is 7.11 Å². The molecule has 5 nitrogen and oxygen atoms in total. The molecule has 26 heavy (non-hydrogen) atoms. The Hall–Kier alpha value is -2.24. The first-order valence-electron chi connectivity index (χ1n) is 7.96. The molecule has 2 rings (SSSR count). The molecule has 0 aliphatic carbocycles. The second kappa shape index (κ2) is 8.92. The average Bonchev–Trinajstić information content (AvgIpc) is 2.62. The standard InChI is InChI=1S/C19H19Cl2NO4/c1-4-11(2)26-18-16(21)7-12(8-17(18)25-3)10-22-13-5-6-15(20)14(9-13)19(23)24/h5-11H,4H2,1-3H3,(H,23,24)/t11-/m0/s1. The molecule has 0 aliphatic rings. The molecule has 2 aromatic carbocycles. The van der Waals surface area contributed by atoms with Gasteiger partial charge in [0.1, 0.15) is 0 Å². The van der Waals surface area contributed by atoms with Crippen LogP contribution in [0.5, 0.6) is 11.5 Å². The molecule has 7 heteroatoms. The molecule has 0 saturated heterocycles. The van der Waals surface area contributed by atoms with E-state index in [-0.39, 0.29) is 16.7 Å². The summed E-state index contributed by atoms with van der Waals surface area (Å²) in [5.74, 6) is -0.120. The van der Waals surface area contributed by atoms with Gasteiger partial charge < -0.3 is 14.6 Å². The van der Waals surface area contributed by atoms with Crippen LogP contribution in [0.3, 0.4) is 0 Å². The smallest absolute Gasteiger partial charge is 0.337 e. The van der Waals surface area contributed by atoms with Gasteiger partial charge in [-0.2, -0.15) is 0 Å². The van der Waals surface area contributed by atoms with E-state index < -0.39 is 5.97 Å². The quantitative estimate of drug-likeness (QED) is 0.616. The third-order valence-corrected chi connectivity index (χ3v) is 4.30. The highest BCUT2D eigenvalue weighted by Crippen LogP contribution is 2.37. The van der Waals surface area contributed by atoms with Crippen LogP contribution in [0.2, 0.25) is 10.0 Å². The van der Waals surface area contributed by atoms with Crippen LogP contribution in [-0.4, -0.2) is 30.5 Å². The number of nitrogens with zero attached hydrogens (tertiary/aromatic N) is 1. The van der Waals surface area contributed by atoms with Crippen LogP contribution < -0.4 is 9.47 Å². The molecule has 0 amide bonds. The van der Waals surface area contributed by atoms with E-state index in [9.17, 15) is 4.79 Å². The van der Waals surface area contributed by atoms with Crippen LogP contribution in [0.1, 0.15) is 36.2 Å². The molecular weight excluding hydrogens is 377 g/mol. The molecule has 138 valence electrons. The summed E-state index contributed by atoms with van der Waals surface area (Å²) in [5.41, 5.74) is 1.14. The molecular formula is C19H19Cl2NO4. The van der Waals surface area contributed by atoms with E-state index in [1.165, 1.54) is 19.2 Å². The third kappa shape index (κ3) is 4.90. The number of aliphatic imine (C=N–C) groups is 1. The van der Waals surface area contributed by atoms with Crippen molar-refractivity contribution in [2.45, 2.75) is 26.4 Å². The van der Waals surface area contributed by atoms with Crippen LogP contribution in [0, 0.1) is 0 Å². The third-order valence-electron chi connectivity index (χ3n) is 3.69. The SMILES string of the molecule is CC[C@H](C)Oc1c(Cl)cc(C=Nc2ccc(Cl)c(C(=O)O)c2)cc1OC. The molecule has 0 spiro atoms. The van der Waals surface area contributed by atoms with Crippen molar-refractivity contribution < 1.29 is 19.4 Å². The van der Waals surface area contributed by atoms with E-state index in [0.717, 1.165) is 6.42 Å². The topological polar surface area (TPSA) is 68.1 Å². The van der Waals surface area contributed by atoms with E-state index >= 15 is 0 Å². The molecule has 1 N–H and O–H groups in total. The van der Waals surface area contributed by atoms with E-state index in [0.29, 0.717) is 27.8 Å². The number of carboxylic acid groups (broad SMARTS) is 1. The monoisotopic (exact) mass is 395 g/mol. The minimum Gasteiger partial charge on any atom is -0.493 e. The van der Waals surface area contributed by atoms with Crippen LogP contribution in [0.25, 0.3) is 0 Å². The van der Waals surface area contributed by atoms with Crippen molar-refractivity contribution in [3.8, 4) is 11.5 Å². The van der Waals surface area contributed by atoms with Crippen LogP contribution in [0.15, 0.2) is 35.3 Å². The largest absolute Gasteiger partial charge is 0.493 e. The molecule has 0 aliphatic heterocycles. The summed E-state index contributed by atoms with van der Waals surface area (Å²) in [4.78, 5) is 15.4. The van der Waals surface area contributed by atoms with Gasteiger partial charge in [0.2, 0.25) is 0 Å². The molecule has 0 bridgehead atoms. The number of methoxy groups -OCH3 is 1. The first-order valence-corrected chi connectivity index (χ1v) is 8.72. The Bertz CT molecular complexity index is 837. The molecule has 2 aromatic rings. The molecule has 0 fully saturated rings. The lowest BCUT2D eigenvalue weighted by Crippen LogP contribution is -2.11.